The summed E-state index contributed by atoms with van der Waals surface area (Å²) >= 11 is 5.64. The molecule has 3 aromatic rings. The van der Waals surface area contributed by atoms with E-state index >= 15 is 0 Å². The second-order valence-corrected chi connectivity index (χ2v) is 6.25. The molecule has 0 spiro atoms. The first-order chi connectivity index (χ1) is 11.8. The van der Waals surface area contributed by atoms with Crippen LogP contribution in [0.2, 0.25) is 0 Å². The summed E-state index contributed by atoms with van der Waals surface area (Å²) in [7, 11) is 0. The zero-order valence-corrected chi connectivity index (χ0v) is 13.9. The molecule has 1 aliphatic heterocycles. The Labute approximate surface area is 146 Å². The minimum Gasteiger partial charge on any atom is -0.363 e. The van der Waals surface area contributed by atoms with Crippen molar-refractivity contribution in [3.63, 3.8) is 0 Å². The van der Waals surface area contributed by atoms with Gasteiger partial charge in [0.1, 0.15) is 0 Å². The standard InChI is InChI=1S/C19H18N4S/c24-19-22-17(15-9-4-5-11-20-15)18(16-10-6-12-21-16)23(19)13-14-7-2-1-3-8-14/h1-12,17-18,21H,13H2,(H,22,24). The summed E-state index contributed by atoms with van der Waals surface area (Å²) in [5.74, 6) is 0. The van der Waals surface area contributed by atoms with Gasteiger partial charge in [0.25, 0.3) is 0 Å². The number of hydrogen-bond acceptors (Lipinski definition) is 2. The van der Waals surface area contributed by atoms with Gasteiger partial charge in [0.15, 0.2) is 5.11 Å². The maximum Gasteiger partial charge on any atom is 0.170 e. The zero-order chi connectivity index (χ0) is 16.4. The highest BCUT2D eigenvalue weighted by atomic mass is 32.1. The fraction of sp³-hybridized carbons (Fsp3) is 0.158. The fourth-order valence-electron chi connectivity index (χ4n) is 3.22. The van der Waals surface area contributed by atoms with E-state index in [0.717, 1.165) is 23.0 Å². The van der Waals surface area contributed by atoms with Gasteiger partial charge in [-0.2, -0.15) is 0 Å². The van der Waals surface area contributed by atoms with E-state index in [0.29, 0.717) is 0 Å². The number of nitrogens with one attached hydrogen (secondary N) is 2. The van der Waals surface area contributed by atoms with Crippen LogP contribution >= 0.6 is 12.2 Å². The molecule has 120 valence electrons. The highest BCUT2D eigenvalue weighted by molar-refractivity contribution is 7.80. The van der Waals surface area contributed by atoms with Crippen molar-refractivity contribution in [2.75, 3.05) is 0 Å². The van der Waals surface area contributed by atoms with E-state index in [4.69, 9.17) is 12.2 Å². The van der Waals surface area contributed by atoms with Crippen LogP contribution in [0.15, 0.2) is 73.1 Å². The highest BCUT2D eigenvalue weighted by Gasteiger charge is 2.40. The maximum absolute atomic E-state index is 5.64. The van der Waals surface area contributed by atoms with Crippen molar-refractivity contribution < 1.29 is 0 Å². The minimum absolute atomic E-state index is 0.0288. The molecule has 0 aliphatic carbocycles. The van der Waals surface area contributed by atoms with Crippen LogP contribution in [0.25, 0.3) is 0 Å². The number of benzene rings is 1. The molecular formula is C19H18N4S. The molecule has 5 heteroatoms. The number of pyridine rings is 1. The van der Waals surface area contributed by atoms with Crippen LogP contribution in [0.3, 0.4) is 0 Å². The first-order valence-electron chi connectivity index (χ1n) is 7.98. The number of rotatable bonds is 4. The summed E-state index contributed by atoms with van der Waals surface area (Å²) in [4.78, 5) is 10.1. The van der Waals surface area contributed by atoms with E-state index in [1.54, 1.807) is 0 Å². The van der Waals surface area contributed by atoms with E-state index in [1.807, 2.05) is 42.7 Å². The lowest BCUT2D eigenvalue weighted by atomic mass is 10.0. The summed E-state index contributed by atoms with van der Waals surface area (Å²) in [5, 5.41) is 4.21. The van der Waals surface area contributed by atoms with E-state index in [9.17, 15) is 0 Å². The minimum atomic E-state index is 0.0288. The largest absolute Gasteiger partial charge is 0.363 e. The van der Waals surface area contributed by atoms with Crippen LogP contribution in [-0.2, 0) is 6.54 Å². The molecule has 0 bridgehead atoms. The Kier molecular flexibility index (Phi) is 4.01. The first kappa shape index (κ1) is 14.9. The normalized spacial score (nSPS) is 20.2. The molecule has 2 atom stereocenters. The van der Waals surface area contributed by atoms with E-state index in [2.05, 4.69) is 50.5 Å². The first-order valence-corrected chi connectivity index (χ1v) is 8.39. The molecular weight excluding hydrogens is 316 g/mol. The van der Waals surface area contributed by atoms with Crippen molar-refractivity contribution >= 4 is 17.3 Å². The molecule has 0 saturated carbocycles. The summed E-state index contributed by atoms with van der Waals surface area (Å²) in [6.45, 7) is 0.764. The molecule has 1 aliphatic rings. The van der Waals surface area contributed by atoms with E-state index in [1.165, 1.54) is 5.56 Å². The van der Waals surface area contributed by atoms with Crippen molar-refractivity contribution in [3.8, 4) is 0 Å². The summed E-state index contributed by atoms with van der Waals surface area (Å²) in [6.07, 6.45) is 3.78. The SMILES string of the molecule is S=C1NC(c2ccccn2)C(c2ccc[nH]2)N1Cc1ccccc1. The summed E-state index contributed by atoms with van der Waals surface area (Å²) in [6, 6.07) is 20.6. The maximum atomic E-state index is 5.64. The monoisotopic (exact) mass is 334 g/mol. The van der Waals surface area contributed by atoms with E-state index in [-0.39, 0.29) is 12.1 Å². The van der Waals surface area contributed by atoms with Gasteiger partial charge in [0.05, 0.1) is 17.8 Å². The Hall–Kier alpha value is -2.66. The molecule has 0 radical (unpaired) electrons. The Morgan fingerprint density at radius 3 is 2.54 bits per heavy atom. The van der Waals surface area contributed by atoms with Gasteiger partial charge in [-0.3, -0.25) is 4.98 Å². The lowest BCUT2D eigenvalue weighted by Crippen LogP contribution is -2.29. The highest BCUT2D eigenvalue weighted by Crippen LogP contribution is 2.38. The number of aromatic nitrogens is 2. The number of nitrogens with zero attached hydrogens (tertiary/aromatic N) is 2. The van der Waals surface area contributed by atoms with Gasteiger partial charge in [0, 0.05) is 24.6 Å². The Morgan fingerprint density at radius 1 is 1.00 bits per heavy atom. The third-order valence-electron chi connectivity index (χ3n) is 4.33. The van der Waals surface area contributed by atoms with Crippen LogP contribution in [0.1, 0.15) is 29.0 Å². The van der Waals surface area contributed by atoms with Crippen molar-refractivity contribution in [1.29, 1.82) is 0 Å². The van der Waals surface area contributed by atoms with Crippen molar-refractivity contribution in [1.82, 2.24) is 20.2 Å². The Balaban J connectivity index is 1.71. The van der Waals surface area contributed by atoms with Gasteiger partial charge in [-0.1, -0.05) is 36.4 Å². The third kappa shape index (κ3) is 2.78. The van der Waals surface area contributed by atoms with Crippen LogP contribution in [0.5, 0.6) is 0 Å². The molecule has 4 rings (SSSR count). The predicted molar refractivity (Wildman–Crippen MR) is 98.2 cm³/mol. The lowest BCUT2D eigenvalue weighted by molar-refractivity contribution is 0.306. The van der Waals surface area contributed by atoms with Crippen molar-refractivity contribution in [3.05, 3.63) is 90.0 Å². The average molecular weight is 334 g/mol. The molecule has 1 aromatic carbocycles. The summed E-state index contributed by atoms with van der Waals surface area (Å²) in [5.41, 5.74) is 3.36. The molecule has 0 amide bonds. The van der Waals surface area contributed by atoms with Crippen LogP contribution in [0.4, 0.5) is 0 Å². The lowest BCUT2D eigenvalue weighted by Gasteiger charge is -2.27. The third-order valence-corrected chi connectivity index (χ3v) is 4.69. The van der Waals surface area contributed by atoms with Gasteiger partial charge >= 0.3 is 0 Å². The Morgan fingerprint density at radius 2 is 1.83 bits per heavy atom. The Bertz CT molecular complexity index is 802. The number of thiocarbonyl (C=S) groups is 1. The number of aromatic amines is 1. The van der Waals surface area contributed by atoms with Crippen LogP contribution in [0, 0.1) is 0 Å². The molecule has 3 heterocycles. The number of H-pyrrole nitrogens is 1. The second-order valence-electron chi connectivity index (χ2n) is 5.87. The average Bonchev–Trinajstić information content (AvgIpc) is 3.25. The molecule has 1 fully saturated rings. The smallest absolute Gasteiger partial charge is 0.170 e. The van der Waals surface area contributed by atoms with Gasteiger partial charge < -0.3 is 15.2 Å². The fourth-order valence-corrected chi connectivity index (χ4v) is 3.53. The number of hydrogen-bond donors (Lipinski definition) is 2. The van der Waals surface area contributed by atoms with Gasteiger partial charge in [0.2, 0.25) is 0 Å². The molecule has 2 aromatic heterocycles. The van der Waals surface area contributed by atoms with Crippen molar-refractivity contribution in [2.45, 2.75) is 18.6 Å². The van der Waals surface area contributed by atoms with Crippen molar-refractivity contribution in [2.24, 2.45) is 0 Å². The topological polar surface area (TPSA) is 44.0 Å². The molecule has 1 saturated heterocycles. The predicted octanol–water partition coefficient (Wildman–Crippen LogP) is 3.58. The van der Waals surface area contributed by atoms with Gasteiger partial charge in [-0.15, -0.1) is 0 Å². The molecule has 4 nitrogen and oxygen atoms in total. The molecule has 2 N–H and O–H groups in total. The summed E-state index contributed by atoms with van der Waals surface area (Å²) < 4.78 is 0. The second kappa shape index (κ2) is 6.45. The van der Waals surface area contributed by atoms with Crippen LogP contribution < -0.4 is 5.32 Å². The molecule has 24 heavy (non-hydrogen) atoms. The van der Waals surface area contributed by atoms with Gasteiger partial charge in [-0.05, 0) is 42.0 Å². The van der Waals surface area contributed by atoms with Crippen LogP contribution in [-0.4, -0.2) is 20.0 Å². The molecule has 2 unspecified atom stereocenters. The quantitative estimate of drug-likeness (QED) is 0.716. The van der Waals surface area contributed by atoms with E-state index < -0.39 is 0 Å². The zero-order valence-electron chi connectivity index (χ0n) is 13.1. The van der Waals surface area contributed by atoms with Gasteiger partial charge in [-0.25, -0.2) is 0 Å².